The Morgan fingerprint density at radius 2 is 1.54 bits per heavy atom. The van der Waals surface area contributed by atoms with Gasteiger partial charge in [-0.2, -0.15) is 5.01 Å². The number of nitrogens with one attached hydrogen (secondary N) is 1. The first kappa shape index (κ1) is 36.5. The summed E-state index contributed by atoms with van der Waals surface area (Å²) < 4.78 is 12.1. The van der Waals surface area contributed by atoms with Gasteiger partial charge in [0.05, 0.1) is 41.2 Å². The number of aliphatic hydroxyl groups is 1. The second-order valence-electron chi connectivity index (χ2n) is 15.7. The summed E-state index contributed by atoms with van der Waals surface area (Å²) in [5.41, 5.74) is 7.96. The summed E-state index contributed by atoms with van der Waals surface area (Å²) in [5.74, 6) is -4.25. The predicted octanol–water partition coefficient (Wildman–Crippen LogP) is 7.36. The lowest BCUT2D eigenvalue weighted by atomic mass is 9.49. The molecule has 0 bridgehead atoms. The fourth-order valence-corrected chi connectivity index (χ4v) is 10.1. The molecule has 2 saturated heterocycles. The fourth-order valence-electron chi connectivity index (χ4n) is 10.1. The van der Waals surface area contributed by atoms with Crippen LogP contribution < -0.4 is 15.1 Å². The predicted molar refractivity (Wildman–Crippen MR) is 220 cm³/mol. The number of hydrazine groups is 1. The molecular formula is C48H40N4O7. The Morgan fingerprint density at radius 3 is 2.31 bits per heavy atom. The molecule has 11 nitrogen and oxygen atoms in total. The molecule has 10 rings (SSSR count). The van der Waals surface area contributed by atoms with Gasteiger partial charge in [-0.15, -0.1) is 0 Å². The smallest absolute Gasteiger partial charge is 0.260 e. The molecule has 2 N–H and O–H groups in total. The van der Waals surface area contributed by atoms with Crippen molar-refractivity contribution in [3.8, 4) is 17.2 Å². The quantitative estimate of drug-likeness (QED) is 0.114. The minimum atomic E-state index is -1.45. The number of hydrogen-bond donors (Lipinski definition) is 2. The molecule has 294 valence electrons. The molecule has 0 radical (unpaired) electrons. The van der Waals surface area contributed by atoms with E-state index in [1.165, 1.54) is 4.90 Å². The van der Waals surface area contributed by atoms with Gasteiger partial charge in [0.15, 0.2) is 5.58 Å². The van der Waals surface area contributed by atoms with Crippen LogP contribution in [0.25, 0.3) is 22.6 Å². The number of allylic oxidation sites excluding steroid dienone is 2. The Kier molecular flexibility index (Phi) is 8.79. The number of aryl methyl sites for hydroxylation is 1. The third-order valence-electron chi connectivity index (χ3n) is 12.6. The standard InChI is InChI=1S/C48H40N4O7/c1-28-15-19-31(20-16-28)50-52-45(55)37-27-36-33(42(34-11-5-7-13-39(34)58-26-25-53)48(37,47(52)57)30-9-3-2-4-10-30)23-24-35-41(36)46(56)51(44(35)54)32-21-17-29(18-22-32)43-49-38-12-6-8-14-40(38)59-43/h2-23,35-37,41-42,50,53H,24-27H2,1H3/t35-,36+,37-,41-,42+,48+/m0/s1. The SMILES string of the molecule is Cc1ccc(NN2C(=O)[C@@H]3C[C@@H]4C(=CC[C@@H]5C(=O)N(c6ccc(-c7nc8ccccc8o7)cc6)C(=O)[C@@H]54)[C@H](c4ccccc4OCCO)[C@]3(c3ccccc3)C2=O)cc1. The number of ether oxygens (including phenoxy) is 1. The van der Waals surface area contributed by atoms with Crippen LogP contribution in [-0.4, -0.2) is 51.9 Å². The second kappa shape index (κ2) is 14.2. The second-order valence-corrected chi connectivity index (χ2v) is 15.7. The Balaban J connectivity index is 1.08. The van der Waals surface area contributed by atoms with Gasteiger partial charge in [-0.3, -0.25) is 29.5 Å². The van der Waals surface area contributed by atoms with E-state index in [2.05, 4.69) is 10.4 Å². The lowest BCUT2D eigenvalue weighted by molar-refractivity contribution is -0.138. The number of fused-ring (bicyclic) bond motifs is 5. The minimum absolute atomic E-state index is 0.0137. The highest BCUT2D eigenvalue weighted by Crippen LogP contribution is 2.65. The number of nitrogens with zero attached hydrogens (tertiary/aromatic N) is 3. The van der Waals surface area contributed by atoms with Gasteiger partial charge in [0, 0.05) is 17.0 Å². The first-order valence-corrected chi connectivity index (χ1v) is 19.9. The first-order chi connectivity index (χ1) is 28.8. The number of hydrogen-bond acceptors (Lipinski definition) is 9. The lowest BCUT2D eigenvalue weighted by Crippen LogP contribution is -2.53. The molecule has 6 atom stereocenters. The van der Waals surface area contributed by atoms with Gasteiger partial charge in [-0.25, -0.2) is 4.98 Å². The fraction of sp³-hybridized carbons (Fsp3) is 0.229. The van der Waals surface area contributed by atoms with Crippen LogP contribution in [0.4, 0.5) is 11.4 Å². The summed E-state index contributed by atoms with van der Waals surface area (Å²) in [6.07, 6.45) is 2.47. The topological polar surface area (TPSA) is 142 Å². The number of para-hydroxylation sites is 3. The van der Waals surface area contributed by atoms with Gasteiger partial charge < -0.3 is 14.3 Å². The molecule has 5 aromatic carbocycles. The summed E-state index contributed by atoms with van der Waals surface area (Å²) in [7, 11) is 0. The first-order valence-electron chi connectivity index (χ1n) is 19.9. The molecule has 0 spiro atoms. The Morgan fingerprint density at radius 1 is 0.814 bits per heavy atom. The number of rotatable bonds is 9. The molecule has 4 aliphatic rings. The van der Waals surface area contributed by atoms with Crippen molar-refractivity contribution in [1.82, 2.24) is 9.99 Å². The molecule has 1 aromatic heterocycles. The molecule has 3 heterocycles. The average Bonchev–Trinajstić information content (AvgIpc) is 3.88. The molecule has 1 saturated carbocycles. The van der Waals surface area contributed by atoms with Gasteiger partial charge in [0.25, 0.3) is 11.8 Å². The summed E-state index contributed by atoms with van der Waals surface area (Å²) in [5, 5.41) is 11.0. The largest absolute Gasteiger partial charge is 0.491 e. The van der Waals surface area contributed by atoms with Crippen LogP contribution in [0.5, 0.6) is 5.75 Å². The number of oxazole rings is 1. The lowest BCUT2D eigenvalue weighted by Gasteiger charge is -2.50. The average molecular weight is 785 g/mol. The van der Waals surface area contributed by atoms with Crippen LogP contribution in [0, 0.1) is 30.6 Å². The molecule has 2 aliphatic carbocycles. The molecule has 2 aliphatic heterocycles. The van der Waals surface area contributed by atoms with Crippen molar-refractivity contribution in [2.24, 2.45) is 23.7 Å². The van der Waals surface area contributed by atoms with E-state index in [-0.39, 0.29) is 37.9 Å². The molecule has 3 fully saturated rings. The third-order valence-corrected chi connectivity index (χ3v) is 12.6. The van der Waals surface area contributed by atoms with Crippen LogP contribution in [-0.2, 0) is 24.6 Å². The van der Waals surface area contributed by atoms with E-state index >= 15 is 9.59 Å². The summed E-state index contributed by atoms with van der Waals surface area (Å²) in [6.45, 7) is 1.75. The number of carbonyl (C=O) groups is 4. The van der Waals surface area contributed by atoms with E-state index in [9.17, 15) is 14.7 Å². The third kappa shape index (κ3) is 5.63. The maximum Gasteiger partial charge on any atom is 0.260 e. The van der Waals surface area contributed by atoms with Gasteiger partial charge in [0.2, 0.25) is 17.7 Å². The Hall–Kier alpha value is -6.85. The van der Waals surface area contributed by atoms with Gasteiger partial charge in [-0.1, -0.05) is 90.0 Å². The van der Waals surface area contributed by atoms with Crippen LogP contribution in [0.2, 0.25) is 0 Å². The van der Waals surface area contributed by atoms with E-state index in [1.54, 1.807) is 30.3 Å². The van der Waals surface area contributed by atoms with Gasteiger partial charge in [-0.05, 0) is 85.8 Å². The minimum Gasteiger partial charge on any atom is -0.491 e. The zero-order chi connectivity index (χ0) is 40.4. The van der Waals surface area contributed by atoms with Crippen molar-refractivity contribution >= 4 is 46.1 Å². The van der Waals surface area contributed by atoms with Crippen molar-refractivity contribution in [3.05, 3.63) is 156 Å². The number of imide groups is 2. The number of anilines is 2. The number of carbonyl (C=O) groups excluding carboxylic acids is 4. The summed E-state index contributed by atoms with van der Waals surface area (Å²) in [6, 6.07) is 38.8. The van der Waals surface area contributed by atoms with Gasteiger partial charge in [0.1, 0.15) is 17.9 Å². The normalized spacial score (nSPS) is 24.8. The number of aromatic nitrogens is 1. The van der Waals surface area contributed by atoms with Crippen LogP contribution in [0.3, 0.4) is 0 Å². The zero-order valence-electron chi connectivity index (χ0n) is 32.2. The van der Waals surface area contributed by atoms with E-state index < -0.39 is 46.8 Å². The van der Waals surface area contributed by atoms with Crippen molar-refractivity contribution in [1.29, 1.82) is 0 Å². The molecule has 4 amide bonds. The maximum absolute atomic E-state index is 15.5. The molecular weight excluding hydrogens is 745 g/mol. The molecule has 6 aromatic rings. The van der Waals surface area contributed by atoms with E-state index in [1.807, 2.05) is 110 Å². The highest BCUT2D eigenvalue weighted by molar-refractivity contribution is 6.22. The molecule has 11 heteroatoms. The monoisotopic (exact) mass is 784 g/mol. The van der Waals surface area contributed by atoms with E-state index in [0.717, 1.165) is 21.7 Å². The number of amides is 4. The molecule has 0 unspecified atom stereocenters. The maximum atomic E-state index is 15.5. The zero-order valence-corrected chi connectivity index (χ0v) is 32.2. The highest BCUT2D eigenvalue weighted by Gasteiger charge is 2.70. The molecule has 59 heavy (non-hydrogen) atoms. The summed E-state index contributed by atoms with van der Waals surface area (Å²) in [4.78, 5) is 65.6. The van der Waals surface area contributed by atoms with Crippen molar-refractivity contribution in [2.45, 2.75) is 31.1 Å². The van der Waals surface area contributed by atoms with Crippen LogP contribution in [0.15, 0.2) is 143 Å². The van der Waals surface area contributed by atoms with Crippen molar-refractivity contribution < 1.29 is 33.4 Å². The van der Waals surface area contributed by atoms with Crippen molar-refractivity contribution in [3.63, 3.8) is 0 Å². The number of benzene rings is 5. The van der Waals surface area contributed by atoms with Gasteiger partial charge >= 0.3 is 0 Å². The summed E-state index contributed by atoms with van der Waals surface area (Å²) >= 11 is 0. The van der Waals surface area contributed by atoms with Crippen molar-refractivity contribution in [2.75, 3.05) is 23.5 Å². The number of aliphatic hydroxyl groups excluding tert-OH is 1. The van der Waals surface area contributed by atoms with E-state index in [4.69, 9.17) is 9.15 Å². The Bertz CT molecular complexity index is 2640. The Labute approximate surface area is 339 Å². The van der Waals surface area contributed by atoms with Crippen LogP contribution >= 0.6 is 0 Å². The van der Waals surface area contributed by atoms with Crippen LogP contribution in [0.1, 0.15) is 35.4 Å². The highest BCUT2D eigenvalue weighted by atomic mass is 16.5. The van der Waals surface area contributed by atoms with E-state index in [0.29, 0.717) is 45.3 Å².